The Bertz CT molecular complexity index is 1030. The largest absolute Gasteiger partial charge is 0.342 e. The highest BCUT2D eigenvalue weighted by molar-refractivity contribution is 6.05. The van der Waals surface area contributed by atoms with Crippen LogP contribution in [-0.4, -0.2) is 51.0 Å². The lowest BCUT2D eigenvalue weighted by Crippen LogP contribution is -2.56. The van der Waals surface area contributed by atoms with E-state index in [9.17, 15) is 4.79 Å². The van der Waals surface area contributed by atoms with Crippen LogP contribution in [-0.2, 0) is 19.4 Å². The Morgan fingerprint density at radius 2 is 2.00 bits per heavy atom. The predicted molar refractivity (Wildman–Crippen MR) is 123 cm³/mol. The number of H-pyrrole nitrogens is 1. The van der Waals surface area contributed by atoms with Crippen LogP contribution in [0.4, 0.5) is 5.69 Å². The Labute approximate surface area is 183 Å². The maximum Gasteiger partial charge on any atom is 0.274 e. The molecule has 7 heteroatoms. The van der Waals surface area contributed by atoms with Crippen molar-refractivity contribution in [3.63, 3.8) is 0 Å². The fraction of sp³-hybridized carbons (Fsp3) is 0.542. The number of hydrogen-bond donors (Lipinski definition) is 3. The van der Waals surface area contributed by atoms with Gasteiger partial charge in [0.1, 0.15) is 5.84 Å². The summed E-state index contributed by atoms with van der Waals surface area (Å²) in [6.07, 6.45) is 5.05. The average molecular weight is 421 g/mol. The Balaban J connectivity index is 1.45. The second-order valence-electron chi connectivity index (χ2n) is 10.1. The quantitative estimate of drug-likeness (QED) is 0.661. The molecule has 1 amide bonds. The third kappa shape index (κ3) is 3.76. The highest BCUT2D eigenvalue weighted by Crippen LogP contribution is 2.32. The van der Waals surface area contributed by atoms with Gasteiger partial charge in [0.2, 0.25) is 0 Å². The van der Waals surface area contributed by atoms with Crippen molar-refractivity contribution < 1.29 is 4.79 Å². The zero-order chi connectivity index (χ0) is 21.6. The molecule has 2 aromatic rings. The number of likely N-dealkylation sites (tertiary alicyclic amines) is 1. The van der Waals surface area contributed by atoms with Gasteiger partial charge >= 0.3 is 0 Å². The average Bonchev–Trinajstić information content (AvgIpc) is 3.33. The first-order valence-electron chi connectivity index (χ1n) is 11.4. The molecule has 0 bridgehead atoms. The molecular weight excluding hydrogens is 388 g/mol. The highest BCUT2D eigenvalue weighted by Gasteiger charge is 2.46. The SMILES string of the molecule is CC(C)(C)N=C1Nc2ccccc2CN[C@]12CCN(C(=O)c1n[nH]c3c1CCCC3)C2. The number of amidine groups is 1. The lowest BCUT2D eigenvalue weighted by Gasteiger charge is -2.32. The standard InChI is InChI=1S/C24H32N6O/c1-23(2,3)27-22-24(25-14-16-8-4-6-10-18(16)26-22)12-13-30(15-24)21(31)20-17-9-5-7-11-19(17)28-29-20/h4,6,8,10,25H,5,7,9,11-15H2,1-3H3,(H,26,27)(H,28,29)/t24-/m0/s1. The van der Waals surface area contributed by atoms with E-state index in [2.05, 4.69) is 59.8 Å². The van der Waals surface area contributed by atoms with Gasteiger partial charge in [0, 0.05) is 36.6 Å². The Hall–Kier alpha value is -2.67. The van der Waals surface area contributed by atoms with Gasteiger partial charge < -0.3 is 10.2 Å². The van der Waals surface area contributed by atoms with E-state index >= 15 is 0 Å². The molecule has 1 spiro atoms. The predicted octanol–water partition coefficient (Wildman–Crippen LogP) is 3.29. The fourth-order valence-corrected chi connectivity index (χ4v) is 4.99. The molecule has 0 saturated carbocycles. The van der Waals surface area contributed by atoms with Crippen LogP contribution in [0.25, 0.3) is 0 Å². The summed E-state index contributed by atoms with van der Waals surface area (Å²) < 4.78 is 0. The molecule has 2 aliphatic heterocycles. The lowest BCUT2D eigenvalue weighted by molar-refractivity contribution is 0.0778. The smallest absolute Gasteiger partial charge is 0.274 e. The molecule has 3 N–H and O–H groups in total. The number of rotatable bonds is 1. The van der Waals surface area contributed by atoms with Crippen LogP contribution in [0.2, 0.25) is 0 Å². The van der Waals surface area contributed by atoms with Crippen molar-refractivity contribution in [2.24, 2.45) is 4.99 Å². The minimum absolute atomic E-state index is 0.0370. The molecule has 5 rings (SSSR count). The zero-order valence-electron chi connectivity index (χ0n) is 18.7. The summed E-state index contributed by atoms with van der Waals surface area (Å²) in [6.45, 7) is 8.35. The van der Waals surface area contributed by atoms with Crippen LogP contribution < -0.4 is 10.6 Å². The molecule has 31 heavy (non-hydrogen) atoms. The van der Waals surface area contributed by atoms with Gasteiger partial charge in [-0.3, -0.25) is 20.2 Å². The van der Waals surface area contributed by atoms with Crippen LogP contribution in [0.15, 0.2) is 29.3 Å². The lowest BCUT2D eigenvalue weighted by atomic mass is 9.95. The Morgan fingerprint density at radius 3 is 2.84 bits per heavy atom. The molecule has 1 aromatic carbocycles. The molecule has 0 unspecified atom stereocenters. The van der Waals surface area contributed by atoms with Crippen molar-refractivity contribution in [3.8, 4) is 0 Å². The van der Waals surface area contributed by atoms with Gasteiger partial charge in [0.25, 0.3) is 5.91 Å². The summed E-state index contributed by atoms with van der Waals surface area (Å²) in [6, 6.07) is 8.34. The molecule has 164 valence electrons. The molecular formula is C24H32N6O. The first-order chi connectivity index (χ1) is 14.8. The normalized spacial score (nSPS) is 24.6. The number of aliphatic imine (C=N–C) groups is 1. The van der Waals surface area contributed by atoms with Crippen molar-refractivity contribution in [2.45, 2.75) is 70.5 Å². The zero-order valence-corrected chi connectivity index (χ0v) is 18.7. The van der Waals surface area contributed by atoms with Crippen molar-refractivity contribution in [1.82, 2.24) is 20.4 Å². The summed E-state index contributed by atoms with van der Waals surface area (Å²) in [4.78, 5) is 20.5. The van der Waals surface area contributed by atoms with Crippen LogP contribution in [0, 0.1) is 0 Å². The van der Waals surface area contributed by atoms with E-state index in [-0.39, 0.29) is 11.4 Å². The first-order valence-corrected chi connectivity index (χ1v) is 11.4. The molecule has 1 aromatic heterocycles. The number of fused-ring (bicyclic) bond motifs is 2. The number of carbonyl (C=O) groups excluding carboxylic acids is 1. The molecule has 0 radical (unpaired) electrons. The Kier molecular flexibility index (Phi) is 4.88. The molecule has 3 aliphatic rings. The number of hydrogen-bond acceptors (Lipinski definition) is 4. The topological polar surface area (TPSA) is 85.4 Å². The van der Waals surface area contributed by atoms with Gasteiger partial charge in [-0.1, -0.05) is 18.2 Å². The summed E-state index contributed by atoms with van der Waals surface area (Å²) in [5.41, 5.74) is 4.57. The molecule has 1 aliphatic carbocycles. The first kappa shape index (κ1) is 20.2. The van der Waals surface area contributed by atoms with E-state index < -0.39 is 5.54 Å². The van der Waals surface area contributed by atoms with E-state index in [1.165, 1.54) is 12.0 Å². The second-order valence-corrected chi connectivity index (χ2v) is 10.1. The number of nitrogens with zero attached hydrogens (tertiary/aromatic N) is 3. The maximum atomic E-state index is 13.5. The number of amides is 1. The number of para-hydroxylation sites is 1. The molecule has 3 heterocycles. The Morgan fingerprint density at radius 1 is 1.19 bits per heavy atom. The number of carbonyl (C=O) groups is 1. The number of nitrogens with one attached hydrogen (secondary N) is 3. The van der Waals surface area contributed by atoms with Crippen molar-refractivity contribution in [3.05, 3.63) is 46.8 Å². The van der Waals surface area contributed by atoms with Gasteiger partial charge in [-0.15, -0.1) is 0 Å². The van der Waals surface area contributed by atoms with Gasteiger partial charge in [-0.25, -0.2) is 0 Å². The van der Waals surface area contributed by atoms with Crippen LogP contribution in [0.5, 0.6) is 0 Å². The van der Waals surface area contributed by atoms with E-state index in [1.54, 1.807) is 0 Å². The summed E-state index contributed by atoms with van der Waals surface area (Å²) in [5.74, 6) is 0.958. The molecule has 1 atom stereocenters. The van der Waals surface area contributed by atoms with Gasteiger partial charge in [0.05, 0.1) is 11.1 Å². The van der Waals surface area contributed by atoms with E-state index in [0.717, 1.165) is 55.0 Å². The third-order valence-corrected chi connectivity index (χ3v) is 6.60. The number of aromatic nitrogens is 2. The van der Waals surface area contributed by atoms with Crippen LogP contribution in [0.1, 0.15) is 67.3 Å². The van der Waals surface area contributed by atoms with Crippen molar-refractivity contribution in [1.29, 1.82) is 0 Å². The van der Waals surface area contributed by atoms with Crippen molar-refractivity contribution >= 4 is 17.4 Å². The number of benzene rings is 1. The van der Waals surface area contributed by atoms with Gasteiger partial charge in [-0.05, 0) is 64.5 Å². The number of aromatic amines is 1. The van der Waals surface area contributed by atoms with Crippen LogP contribution in [0.3, 0.4) is 0 Å². The fourth-order valence-electron chi connectivity index (χ4n) is 4.99. The number of anilines is 1. The van der Waals surface area contributed by atoms with Gasteiger partial charge in [0.15, 0.2) is 5.69 Å². The third-order valence-electron chi connectivity index (χ3n) is 6.60. The second kappa shape index (κ2) is 7.48. The number of aryl methyl sites for hydroxylation is 1. The van der Waals surface area contributed by atoms with Crippen molar-refractivity contribution in [2.75, 3.05) is 18.4 Å². The van der Waals surface area contributed by atoms with E-state index in [4.69, 9.17) is 4.99 Å². The molecule has 1 fully saturated rings. The minimum atomic E-state index is -0.391. The summed E-state index contributed by atoms with van der Waals surface area (Å²) in [5, 5.41) is 14.9. The van der Waals surface area contributed by atoms with E-state index in [0.29, 0.717) is 18.8 Å². The minimum Gasteiger partial charge on any atom is -0.342 e. The van der Waals surface area contributed by atoms with E-state index in [1.807, 2.05) is 11.0 Å². The monoisotopic (exact) mass is 420 g/mol. The van der Waals surface area contributed by atoms with Gasteiger partial charge in [-0.2, -0.15) is 5.10 Å². The maximum absolute atomic E-state index is 13.5. The molecule has 7 nitrogen and oxygen atoms in total. The van der Waals surface area contributed by atoms with Crippen LogP contribution >= 0.6 is 0 Å². The summed E-state index contributed by atoms with van der Waals surface area (Å²) in [7, 11) is 0. The summed E-state index contributed by atoms with van der Waals surface area (Å²) >= 11 is 0. The molecule has 1 saturated heterocycles. The highest BCUT2D eigenvalue weighted by atomic mass is 16.2.